The van der Waals surface area contributed by atoms with Crippen LogP contribution in [0.5, 0.6) is 17.2 Å². The standard InChI is InChI=1S/C20H25NO5S/c1-13-6-8-18(27-13)17(25-4)12-21-19(22)9-7-14-10-15(23-2)20(26-5)16(11-14)24-3/h6-11,17H,12H2,1-5H3,(H,21,22)/b9-7+. The van der Waals surface area contributed by atoms with E-state index in [0.717, 1.165) is 10.4 Å². The molecule has 1 aromatic carbocycles. The van der Waals surface area contributed by atoms with E-state index in [1.54, 1.807) is 58.0 Å². The number of rotatable bonds is 9. The molecular weight excluding hydrogens is 366 g/mol. The molecule has 0 saturated heterocycles. The third-order valence-electron chi connectivity index (χ3n) is 3.94. The van der Waals surface area contributed by atoms with Gasteiger partial charge >= 0.3 is 0 Å². The molecule has 146 valence electrons. The fourth-order valence-corrected chi connectivity index (χ4v) is 3.50. The molecule has 0 aliphatic carbocycles. The Bertz CT molecular complexity index is 774. The number of amides is 1. The van der Waals surface area contributed by atoms with E-state index in [9.17, 15) is 4.79 Å². The number of carbonyl (C=O) groups is 1. The largest absolute Gasteiger partial charge is 0.493 e. The van der Waals surface area contributed by atoms with Crippen LogP contribution in [0, 0.1) is 6.92 Å². The van der Waals surface area contributed by atoms with Gasteiger partial charge in [0.2, 0.25) is 11.7 Å². The van der Waals surface area contributed by atoms with Gasteiger partial charge in [-0.15, -0.1) is 11.3 Å². The van der Waals surface area contributed by atoms with Crippen molar-refractivity contribution in [3.8, 4) is 17.2 Å². The van der Waals surface area contributed by atoms with E-state index < -0.39 is 0 Å². The topological polar surface area (TPSA) is 66.0 Å². The molecule has 1 aromatic heterocycles. The summed E-state index contributed by atoms with van der Waals surface area (Å²) in [5.74, 6) is 1.36. The molecule has 1 atom stereocenters. The van der Waals surface area contributed by atoms with Crippen LogP contribution in [0.15, 0.2) is 30.3 Å². The van der Waals surface area contributed by atoms with Crippen molar-refractivity contribution in [3.05, 3.63) is 45.7 Å². The maximum atomic E-state index is 12.2. The molecule has 0 fully saturated rings. The van der Waals surface area contributed by atoms with Gasteiger partial charge in [-0.2, -0.15) is 0 Å². The first-order valence-electron chi connectivity index (χ1n) is 8.37. The van der Waals surface area contributed by atoms with Crippen LogP contribution in [0.3, 0.4) is 0 Å². The van der Waals surface area contributed by atoms with Gasteiger partial charge in [-0.25, -0.2) is 0 Å². The Kier molecular flexibility index (Phi) is 7.69. The van der Waals surface area contributed by atoms with Crippen LogP contribution < -0.4 is 19.5 Å². The smallest absolute Gasteiger partial charge is 0.244 e. The minimum Gasteiger partial charge on any atom is -0.493 e. The number of hydrogen-bond acceptors (Lipinski definition) is 6. The zero-order valence-corrected chi connectivity index (χ0v) is 17.0. The van der Waals surface area contributed by atoms with Crippen molar-refractivity contribution in [2.75, 3.05) is 35.0 Å². The number of benzene rings is 1. The quantitative estimate of drug-likeness (QED) is 0.662. The van der Waals surface area contributed by atoms with Crippen LogP contribution >= 0.6 is 11.3 Å². The lowest BCUT2D eigenvalue weighted by atomic mass is 10.1. The van der Waals surface area contributed by atoms with Crippen molar-refractivity contribution >= 4 is 23.3 Å². The van der Waals surface area contributed by atoms with Crippen molar-refractivity contribution in [1.82, 2.24) is 5.32 Å². The summed E-state index contributed by atoms with van der Waals surface area (Å²) in [5, 5.41) is 2.86. The molecule has 0 bridgehead atoms. The van der Waals surface area contributed by atoms with Crippen LogP contribution in [-0.2, 0) is 9.53 Å². The molecular formula is C20H25NO5S. The molecule has 1 unspecified atom stereocenters. The molecule has 0 radical (unpaired) electrons. The highest BCUT2D eigenvalue weighted by molar-refractivity contribution is 7.12. The van der Waals surface area contributed by atoms with Gasteiger partial charge in [0.05, 0.1) is 21.3 Å². The van der Waals surface area contributed by atoms with E-state index in [2.05, 4.69) is 5.32 Å². The maximum Gasteiger partial charge on any atom is 0.244 e. The Morgan fingerprint density at radius 1 is 1.11 bits per heavy atom. The summed E-state index contributed by atoms with van der Waals surface area (Å²) in [5.41, 5.74) is 0.761. The third-order valence-corrected chi connectivity index (χ3v) is 5.03. The Balaban J connectivity index is 2.03. The second kappa shape index (κ2) is 9.99. The van der Waals surface area contributed by atoms with Gasteiger partial charge < -0.3 is 24.3 Å². The average molecular weight is 391 g/mol. The normalized spacial score (nSPS) is 12.0. The molecule has 0 aliphatic rings. The first-order chi connectivity index (χ1) is 13.0. The van der Waals surface area contributed by atoms with Gasteiger partial charge in [0.1, 0.15) is 6.10 Å². The van der Waals surface area contributed by atoms with Crippen molar-refractivity contribution in [1.29, 1.82) is 0 Å². The monoisotopic (exact) mass is 391 g/mol. The first-order valence-corrected chi connectivity index (χ1v) is 9.19. The number of methoxy groups -OCH3 is 4. The first kappa shape index (κ1) is 20.8. The van der Waals surface area contributed by atoms with Crippen LogP contribution in [0.1, 0.15) is 21.4 Å². The maximum absolute atomic E-state index is 12.2. The molecule has 27 heavy (non-hydrogen) atoms. The van der Waals surface area contributed by atoms with E-state index >= 15 is 0 Å². The molecule has 6 nitrogen and oxygen atoms in total. The zero-order valence-electron chi connectivity index (χ0n) is 16.2. The summed E-state index contributed by atoms with van der Waals surface area (Å²) >= 11 is 1.66. The van der Waals surface area contributed by atoms with Crippen molar-refractivity contribution in [2.45, 2.75) is 13.0 Å². The molecule has 2 aromatic rings. The minimum absolute atomic E-state index is 0.165. The van der Waals surface area contributed by atoms with Crippen molar-refractivity contribution < 1.29 is 23.7 Å². The second-order valence-corrected chi connectivity index (χ2v) is 7.03. The summed E-state index contributed by atoms with van der Waals surface area (Å²) in [6.07, 6.45) is 2.99. The number of hydrogen-bond donors (Lipinski definition) is 1. The van der Waals surface area contributed by atoms with E-state index in [0.29, 0.717) is 23.8 Å². The van der Waals surface area contributed by atoms with Crippen LogP contribution in [0.25, 0.3) is 6.08 Å². The van der Waals surface area contributed by atoms with Gasteiger partial charge in [-0.05, 0) is 42.8 Å². The van der Waals surface area contributed by atoms with Crippen molar-refractivity contribution in [3.63, 3.8) is 0 Å². The lowest BCUT2D eigenvalue weighted by Crippen LogP contribution is -2.27. The van der Waals surface area contributed by atoms with Gasteiger partial charge in [0.25, 0.3) is 0 Å². The van der Waals surface area contributed by atoms with Gasteiger partial charge in [0.15, 0.2) is 11.5 Å². The fraction of sp³-hybridized carbons (Fsp3) is 0.350. The predicted octanol–water partition coefficient (Wildman–Crippen LogP) is 3.60. The van der Waals surface area contributed by atoms with Crippen LogP contribution in [-0.4, -0.2) is 40.9 Å². The van der Waals surface area contributed by atoms with Crippen molar-refractivity contribution in [2.24, 2.45) is 0 Å². The number of thiophene rings is 1. The minimum atomic E-state index is -0.209. The highest BCUT2D eigenvalue weighted by Crippen LogP contribution is 2.38. The number of aryl methyl sites for hydroxylation is 1. The van der Waals surface area contributed by atoms with E-state index in [1.165, 1.54) is 11.0 Å². The lowest BCUT2D eigenvalue weighted by Gasteiger charge is -2.14. The predicted molar refractivity (Wildman–Crippen MR) is 107 cm³/mol. The molecule has 0 aliphatic heterocycles. The highest BCUT2D eigenvalue weighted by atomic mass is 32.1. The molecule has 0 saturated carbocycles. The summed E-state index contributed by atoms with van der Waals surface area (Å²) in [6, 6.07) is 7.61. The summed E-state index contributed by atoms with van der Waals surface area (Å²) in [4.78, 5) is 14.5. The Labute approximate surface area is 163 Å². The third kappa shape index (κ3) is 5.48. The van der Waals surface area contributed by atoms with E-state index in [1.807, 2.05) is 19.1 Å². The van der Waals surface area contributed by atoms with Gasteiger partial charge in [-0.3, -0.25) is 4.79 Å². The molecule has 2 rings (SSSR count). The molecule has 0 spiro atoms. The van der Waals surface area contributed by atoms with E-state index in [4.69, 9.17) is 18.9 Å². The summed E-state index contributed by atoms with van der Waals surface area (Å²) < 4.78 is 21.4. The fourth-order valence-electron chi connectivity index (χ4n) is 2.55. The Hall–Kier alpha value is -2.51. The molecule has 1 heterocycles. The average Bonchev–Trinajstić information content (AvgIpc) is 3.11. The SMILES string of the molecule is COc1cc(/C=C/C(=O)NCC(OC)c2ccc(C)s2)cc(OC)c1OC. The number of ether oxygens (including phenoxy) is 4. The Morgan fingerprint density at radius 3 is 2.26 bits per heavy atom. The number of nitrogens with one attached hydrogen (secondary N) is 1. The van der Waals surface area contributed by atoms with Crippen LogP contribution in [0.2, 0.25) is 0 Å². The highest BCUT2D eigenvalue weighted by Gasteiger charge is 2.14. The molecule has 1 amide bonds. The second-order valence-electron chi connectivity index (χ2n) is 5.71. The van der Waals surface area contributed by atoms with Crippen LogP contribution in [0.4, 0.5) is 0 Å². The zero-order chi connectivity index (χ0) is 19.8. The molecule has 7 heteroatoms. The van der Waals surface area contributed by atoms with Gasteiger partial charge in [0, 0.05) is 29.5 Å². The van der Waals surface area contributed by atoms with Gasteiger partial charge in [-0.1, -0.05) is 0 Å². The van der Waals surface area contributed by atoms with E-state index in [-0.39, 0.29) is 12.0 Å². The lowest BCUT2D eigenvalue weighted by molar-refractivity contribution is -0.117. The molecule has 1 N–H and O–H groups in total. The summed E-state index contributed by atoms with van der Waals surface area (Å²) in [6.45, 7) is 2.44. The number of carbonyl (C=O) groups excluding carboxylic acids is 1. The Morgan fingerprint density at radius 2 is 1.78 bits per heavy atom. The summed E-state index contributed by atoms with van der Waals surface area (Å²) in [7, 11) is 6.28.